The van der Waals surface area contributed by atoms with Crippen molar-refractivity contribution in [3.63, 3.8) is 0 Å². The summed E-state index contributed by atoms with van der Waals surface area (Å²) in [6, 6.07) is 5.12. The van der Waals surface area contributed by atoms with Crippen LogP contribution >= 0.6 is 0 Å². The van der Waals surface area contributed by atoms with Crippen molar-refractivity contribution < 1.29 is 9.13 Å². The number of hydrogen-bond acceptors (Lipinski definition) is 2. The van der Waals surface area contributed by atoms with Gasteiger partial charge in [0.15, 0.2) is 11.6 Å². The number of rotatable bonds is 6. The first kappa shape index (κ1) is 14.7. The summed E-state index contributed by atoms with van der Waals surface area (Å²) >= 11 is 0. The molecule has 3 heteroatoms. The molecule has 0 fully saturated rings. The van der Waals surface area contributed by atoms with Crippen LogP contribution in [0.2, 0.25) is 0 Å². The summed E-state index contributed by atoms with van der Waals surface area (Å²) in [5.74, 6) is 0.339. The molecule has 0 radical (unpaired) electrons. The molecule has 0 aliphatic carbocycles. The van der Waals surface area contributed by atoms with Crippen molar-refractivity contribution in [3.05, 3.63) is 35.7 Å². The topological polar surface area (TPSA) is 35.2 Å². The van der Waals surface area contributed by atoms with E-state index >= 15 is 0 Å². The minimum Gasteiger partial charge on any atom is -0.491 e. The van der Waals surface area contributed by atoms with Crippen LogP contribution in [-0.4, -0.2) is 13.2 Å². The number of allylic oxidation sites excluding steroid dienone is 1. The third-order valence-electron chi connectivity index (χ3n) is 2.72. The molecular weight excluding hydrogens is 229 g/mol. The Labute approximate surface area is 109 Å². The lowest BCUT2D eigenvalue weighted by molar-refractivity contribution is 0.321. The molecule has 18 heavy (non-hydrogen) atoms. The number of ether oxygens (including phenoxy) is 1. The lowest BCUT2D eigenvalue weighted by Crippen LogP contribution is -2.00. The van der Waals surface area contributed by atoms with Gasteiger partial charge >= 0.3 is 0 Å². The Balaban J connectivity index is 3.03. The molecular formula is C15H22FNO. The van der Waals surface area contributed by atoms with E-state index in [9.17, 15) is 4.39 Å². The highest BCUT2D eigenvalue weighted by Gasteiger charge is 2.10. The average molecular weight is 251 g/mol. The highest BCUT2D eigenvalue weighted by atomic mass is 19.1. The highest BCUT2D eigenvalue weighted by Crippen LogP contribution is 2.27. The molecule has 0 bridgehead atoms. The molecule has 0 saturated heterocycles. The van der Waals surface area contributed by atoms with Gasteiger partial charge in [-0.3, -0.25) is 0 Å². The van der Waals surface area contributed by atoms with Gasteiger partial charge in [0.05, 0.1) is 6.61 Å². The second-order valence-electron chi connectivity index (χ2n) is 4.47. The molecule has 0 amide bonds. The summed E-state index contributed by atoms with van der Waals surface area (Å²) in [5, 5.41) is 0. The molecule has 2 N–H and O–H groups in total. The van der Waals surface area contributed by atoms with E-state index in [4.69, 9.17) is 10.5 Å². The lowest BCUT2D eigenvalue weighted by Gasteiger charge is -2.13. The molecule has 1 aromatic rings. The summed E-state index contributed by atoms with van der Waals surface area (Å²) in [6.07, 6.45) is 2.89. The van der Waals surface area contributed by atoms with Crippen LogP contribution in [0.4, 0.5) is 4.39 Å². The van der Waals surface area contributed by atoms with E-state index in [-0.39, 0.29) is 5.82 Å². The molecule has 0 aliphatic heterocycles. The van der Waals surface area contributed by atoms with Crippen LogP contribution < -0.4 is 10.5 Å². The van der Waals surface area contributed by atoms with Gasteiger partial charge in [-0.25, -0.2) is 4.39 Å². The Morgan fingerprint density at radius 3 is 2.67 bits per heavy atom. The molecule has 100 valence electrons. The maximum absolute atomic E-state index is 13.8. The first-order valence-corrected chi connectivity index (χ1v) is 6.43. The van der Waals surface area contributed by atoms with E-state index in [1.807, 2.05) is 13.0 Å². The number of nitrogens with two attached hydrogens (primary N) is 1. The monoisotopic (exact) mass is 251 g/mol. The van der Waals surface area contributed by atoms with Crippen LogP contribution in [0.5, 0.6) is 5.75 Å². The molecule has 2 nitrogen and oxygen atoms in total. The molecule has 0 heterocycles. The van der Waals surface area contributed by atoms with Crippen molar-refractivity contribution in [2.45, 2.75) is 27.2 Å². The summed E-state index contributed by atoms with van der Waals surface area (Å²) in [6.45, 7) is 7.10. The van der Waals surface area contributed by atoms with E-state index in [1.54, 1.807) is 6.07 Å². The van der Waals surface area contributed by atoms with Crippen molar-refractivity contribution in [3.8, 4) is 5.75 Å². The Bertz CT molecular complexity index is 413. The Morgan fingerprint density at radius 2 is 2.17 bits per heavy atom. The molecule has 1 rings (SSSR count). The van der Waals surface area contributed by atoms with Crippen molar-refractivity contribution in [1.82, 2.24) is 0 Å². The first-order chi connectivity index (χ1) is 8.60. The van der Waals surface area contributed by atoms with E-state index in [0.29, 0.717) is 24.8 Å². The maximum atomic E-state index is 13.8. The summed E-state index contributed by atoms with van der Waals surface area (Å²) in [7, 11) is 0. The third-order valence-corrected chi connectivity index (χ3v) is 2.72. The van der Waals surface area contributed by atoms with Gasteiger partial charge in [0.2, 0.25) is 0 Å². The molecule has 1 aromatic carbocycles. The molecule has 0 saturated carbocycles. The Morgan fingerprint density at radius 1 is 1.44 bits per heavy atom. The van der Waals surface area contributed by atoms with E-state index in [0.717, 1.165) is 17.6 Å². The van der Waals surface area contributed by atoms with Crippen molar-refractivity contribution in [1.29, 1.82) is 0 Å². The average Bonchev–Trinajstić information content (AvgIpc) is 2.32. The van der Waals surface area contributed by atoms with Crippen LogP contribution in [0.1, 0.15) is 32.8 Å². The minimum absolute atomic E-state index is 0.309. The fourth-order valence-corrected chi connectivity index (χ4v) is 1.88. The second kappa shape index (κ2) is 7.17. The third kappa shape index (κ3) is 3.84. The predicted octanol–water partition coefficient (Wildman–Crippen LogP) is 3.61. The fraction of sp³-hybridized carbons (Fsp3) is 0.467. The summed E-state index contributed by atoms with van der Waals surface area (Å²) in [5.41, 5.74) is 7.54. The van der Waals surface area contributed by atoms with Crippen molar-refractivity contribution in [2.24, 2.45) is 11.7 Å². The van der Waals surface area contributed by atoms with Gasteiger partial charge < -0.3 is 10.5 Å². The van der Waals surface area contributed by atoms with Gasteiger partial charge in [0.25, 0.3) is 0 Å². The van der Waals surface area contributed by atoms with Gasteiger partial charge in [0.1, 0.15) is 0 Å². The van der Waals surface area contributed by atoms with Crippen LogP contribution in [0, 0.1) is 11.7 Å². The standard InChI is InChI=1S/C15H22FNO/c1-4-18-15-8-7-12(10-14(15)16)13(11(2)3)6-5-9-17/h6-8,10-11H,4-5,9,17H2,1-3H3/b13-6+. The number of hydrogen-bond donors (Lipinski definition) is 1. The van der Waals surface area contributed by atoms with Crippen LogP contribution in [-0.2, 0) is 0 Å². The fourth-order valence-electron chi connectivity index (χ4n) is 1.88. The zero-order valence-corrected chi connectivity index (χ0v) is 11.4. The SMILES string of the molecule is CCOc1ccc(/C(=C/CCN)C(C)C)cc1F. The van der Waals surface area contributed by atoms with Gasteiger partial charge in [-0.05, 0) is 49.1 Å². The summed E-state index contributed by atoms with van der Waals surface area (Å²) in [4.78, 5) is 0. The second-order valence-corrected chi connectivity index (χ2v) is 4.47. The van der Waals surface area contributed by atoms with Gasteiger partial charge in [-0.1, -0.05) is 26.0 Å². The summed E-state index contributed by atoms with van der Waals surface area (Å²) < 4.78 is 19.0. The van der Waals surface area contributed by atoms with Crippen LogP contribution in [0.25, 0.3) is 5.57 Å². The lowest BCUT2D eigenvalue weighted by atomic mass is 9.94. The molecule has 0 aromatic heterocycles. The number of benzene rings is 1. The highest BCUT2D eigenvalue weighted by molar-refractivity contribution is 5.67. The van der Waals surface area contributed by atoms with E-state index in [1.165, 1.54) is 6.07 Å². The Kier molecular flexibility index (Phi) is 5.86. The maximum Gasteiger partial charge on any atom is 0.165 e. The van der Waals surface area contributed by atoms with Crippen molar-refractivity contribution >= 4 is 5.57 Å². The zero-order valence-electron chi connectivity index (χ0n) is 11.4. The van der Waals surface area contributed by atoms with Crippen LogP contribution in [0.15, 0.2) is 24.3 Å². The first-order valence-electron chi connectivity index (χ1n) is 6.43. The normalized spacial score (nSPS) is 12.0. The van der Waals surface area contributed by atoms with Gasteiger partial charge in [0, 0.05) is 0 Å². The van der Waals surface area contributed by atoms with Gasteiger partial charge in [-0.15, -0.1) is 0 Å². The molecule has 0 spiro atoms. The minimum atomic E-state index is -0.311. The molecule has 0 atom stereocenters. The predicted molar refractivity (Wildman–Crippen MR) is 74.1 cm³/mol. The largest absolute Gasteiger partial charge is 0.491 e. The Hall–Kier alpha value is -1.35. The molecule has 0 unspecified atom stereocenters. The smallest absolute Gasteiger partial charge is 0.165 e. The number of halogens is 1. The molecule has 0 aliphatic rings. The zero-order chi connectivity index (χ0) is 13.5. The van der Waals surface area contributed by atoms with E-state index in [2.05, 4.69) is 19.9 Å². The van der Waals surface area contributed by atoms with Crippen molar-refractivity contribution in [2.75, 3.05) is 13.2 Å². The quantitative estimate of drug-likeness (QED) is 0.838. The van der Waals surface area contributed by atoms with E-state index < -0.39 is 0 Å². The van der Waals surface area contributed by atoms with Crippen LogP contribution in [0.3, 0.4) is 0 Å². The van der Waals surface area contributed by atoms with Gasteiger partial charge in [-0.2, -0.15) is 0 Å².